The molecule has 2 fully saturated rings. The predicted octanol–water partition coefficient (Wildman–Crippen LogP) is 10.1. The molecule has 5 atom stereocenters. The van der Waals surface area contributed by atoms with Gasteiger partial charge in [-0.1, -0.05) is 53.4 Å². The molecule has 0 spiro atoms. The van der Waals surface area contributed by atoms with Crippen molar-refractivity contribution >= 4 is 17.4 Å². The van der Waals surface area contributed by atoms with Crippen LogP contribution in [0, 0.1) is 34.5 Å². The molecule has 2 aliphatic carbocycles. The molecule has 0 aliphatic heterocycles. The van der Waals surface area contributed by atoms with Crippen molar-refractivity contribution in [2.75, 3.05) is 0 Å². The Hall–Kier alpha value is -0.546. The fourth-order valence-electron chi connectivity index (χ4n) is 7.16. The normalized spacial score (nSPS) is 30.1. The second kappa shape index (κ2) is 12.9. The molecule has 43 heavy (non-hydrogen) atoms. The van der Waals surface area contributed by atoms with Crippen molar-refractivity contribution in [3.63, 3.8) is 0 Å². The molecular weight excluding hydrogens is 603 g/mol. The number of alkyl halides is 6. The number of hydrogen-bond donors (Lipinski definition) is 1. The lowest BCUT2D eigenvalue weighted by Crippen LogP contribution is -2.55. The van der Waals surface area contributed by atoms with Gasteiger partial charge in [-0.05, 0) is 112 Å². The van der Waals surface area contributed by atoms with E-state index < -0.39 is 78.3 Å². The summed E-state index contributed by atoms with van der Waals surface area (Å²) in [6, 6.07) is 0. The third-order valence-electron chi connectivity index (χ3n) is 10.4. The summed E-state index contributed by atoms with van der Waals surface area (Å²) >= 11 is 0. The van der Waals surface area contributed by atoms with Gasteiger partial charge in [0.25, 0.3) is 0 Å². The molecule has 0 aromatic carbocycles. The van der Waals surface area contributed by atoms with Crippen LogP contribution in [0.5, 0.6) is 0 Å². The molecule has 0 aromatic heterocycles. The molecule has 1 unspecified atom stereocenters. The monoisotopic (exact) mass is 663 g/mol. The summed E-state index contributed by atoms with van der Waals surface area (Å²) in [6.07, 6.45) is -9.50. The van der Waals surface area contributed by atoms with Crippen molar-refractivity contribution in [2.24, 2.45) is 22.7 Å². The van der Waals surface area contributed by atoms with Crippen LogP contribution in [0.2, 0.25) is 31.2 Å². The maximum absolute atomic E-state index is 13.5. The molecule has 2 rings (SSSR count). The van der Waals surface area contributed by atoms with E-state index >= 15 is 0 Å². The second-order valence-electron chi connectivity index (χ2n) is 15.1. The Balaban J connectivity index is 2.62. The van der Waals surface area contributed by atoms with E-state index in [9.17, 15) is 31.4 Å². The smallest absolute Gasteiger partial charge is 0.414 e. The number of aliphatic hydroxyl groups is 1. The summed E-state index contributed by atoms with van der Waals surface area (Å²) in [4.78, 5) is 0. The first kappa shape index (κ1) is 29.8. The van der Waals surface area contributed by atoms with E-state index in [1.54, 1.807) is 20.0 Å². The summed E-state index contributed by atoms with van der Waals surface area (Å²) in [6.45, 7) is 11.7. The minimum atomic E-state index is -6.10. The van der Waals surface area contributed by atoms with E-state index in [0.717, 1.165) is 25.2 Å². The third-order valence-corrected chi connectivity index (χ3v) is 15.7. The van der Waals surface area contributed by atoms with Gasteiger partial charge in [0.1, 0.15) is 0 Å². The molecule has 2 aliphatic rings. The molecular formula is C32H55F6O3Si2. The molecule has 3 nitrogen and oxygen atoms in total. The Morgan fingerprint density at radius 3 is 2.05 bits per heavy atom. The van der Waals surface area contributed by atoms with Gasteiger partial charge in [0.2, 0.25) is 9.04 Å². The van der Waals surface area contributed by atoms with E-state index in [4.69, 9.17) is 17.1 Å². The number of rotatable bonds is 10. The zero-order valence-corrected chi connectivity index (χ0v) is 29.1. The first-order valence-electron chi connectivity index (χ1n) is 18.1. The van der Waals surface area contributed by atoms with Crippen molar-refractivity contribution in [2.45, 2.75) is 167 Å². The Labute approximate surface area is 267 Å². The average Bonchev–Trinajstić information content (AvgIpc) is 3.23. The minimum Gasteiger partial charge on any atom is -0.414 e. The molecule has 0 aromatic rings. The fourth-order valence-corrected chi connectivity index (χ4v) is 9.35. The van der Waals surface area contributed by atoms with Crippen molar-refractivity contribution in [1.29, 1.82) is 0 Å². The lowest BCUT2D eigenvalue weighted by atomic mass is 9.56. The minimum absolute atomic E-state index is 0.0476. The van der Waals surface area contributed by atoms with E-state index in [1.165, 1.54) is 0 Å². The molecule has 0 amide bonds. The van der Waals surface area contributed by atoms with E-state index in [2.05, 4.69) is 46.7 Å². The Bertz CT molecular complexity index is 1180. The zero-order valence-electron chi connectivity index (χ0n) is 33.1. The summed E-state index contributed by atoms with van der Waals surface area (Å²) in [5.74, 6) is 2.97. The van der Waals surface area contributed by atoms with Gasteiger partial charge in [0, 0.05) is 20.7 Å². The van der Waals surface area contributed by atoms with Gasteiger partial charge in [-0.3, -0.25) is 0 Å². The molecule has 251 valence electrons. The molecule has 0 bridgehead atoms. The van der Waals surface area contributed by atoms with Crippen LogP contribution in [0.1, 0.15) is 114 Å². The van der Waals surface area contributed by atoms with Crippen molar-refractivity contribution < 1.29 is 48.5 Å². The third kappa shape index (κ3) is 8.63. The summed E-state index contributed by atoms with van der Waals surface area (Å²) in [5, 5.41) is 9.70. The van der Waals surface area contributed by atoms with E-state index in [1.807, 2.05) is 0 Å². The van der Waals surface area contributed by atoms with Crippen LogP contribution in [0.4, 0.5) is 26.3 Å². The van der Waals surface area contributed by atoms with Crippen molar-refractivity contribution in [3.05, 3.63) is 0 Å². The van der Waals surface area contributed by atoms with E-state index in [-0.39, 0.29) is 35.8 Å². The maximum Gasteiger partial charge on any atom is 0.438 e. The van der Waals surface area contributed by atoms with Gasteiger partial charge >= 0.3 is 18.0 Å². The quantitative estimate of drug-likeness (QED) is 0.144. The van der Waals surface area contributed by atoms with Crippen molar-refractivity contribution in [1.82, 2.24) is 0 Å². The highest BCUT2D eigenvalue weighted by Gasteiger charge is 2.70. The number of hydrogen-bond acceptors (Lipinski definition) is 3. The van der Waals surface area contributed by atoms with Gasteiger partial charge in [0.05, 0.1) is 5.60 Å². The lowest BCUT2D eigenvalue weighted by Gasteiger charge is -2.52. The van der Waals surface area contributed by atoms with Gasteiger partial charge in [0.15, 0.2) is 8.32 Å². The second-order valence-corrected chi connectivity index (χ2v) is 21.9. The molecule has 0 heterocycles. The average molecular weight is 664 g/mol. The Morgan fingerprint density at radius 2 is 1.56 bits per heavy atom. The lowest BCUT2D eigenvalue weighted by molar-refractivity contribution is -0.343. The highest BCUT2D eigenvalue weighted by atomic mass is 28.4. The highest BCUT2D eigenvalue weighted by Crippen LogP contribution is 2.63. The van der Waals surface area contributed by atoms with Crippen LogP contribution in [-0.2, 0) is 8.85 Å². The summed E-state index contributed by atoms with van der Waals surface area (Å²) in [7, 11) is -4.05. The number of halogens is 6. The van der Waals surface area contributed by atoms with Crippen LogP contribution in [0.15, 0.2) is 0 Å². The molecule has 11 heteroatoms. The maximum atomic E-state index is 13.5. The predicted molar refractivity (Wildman–Crippen MR) is 164 cm³/mol. The first-order valence-corrected chi connectivity index (χ1v) is 20.5. The summed E-state index contributed by atoms with van der Waals surface area (Å²) in [5.41, 5.74) is -9.25. The molecule has 1 radical (unpaired) electrons. The SMILES string of the molecule is [2H]C([2H])([2H])C(CCC[C@](C)(CC#CC(O)(C(F)(F)F)C(F)(F)F)[C@H]1CCC2[C@@H](O[Si](C)(C)C(C)(C)C)CCC[C@@]21C)(O[Si](C)C)C([2H])([2H])[2H]. The molecule has 1 N–H and O–H groups in total. The summed E-state index contributed by atoms with van der Waals surface area (Å²) < 4.78 is 143. The number of fused-ring (bicyclic) bond motifs is 1. The highest BCUT2D eigenvalue weighted by molar-refractivity contribution is 6.74. The van der Waals surface area contributed by atoms with Crippen LogP contribution in [-0.4, -0.2) is 52.1 Å². The topological polar surface area (TPSA) is 38.7 Å². The first-order chi connectivity index (χ1) is 21.6. The zero-order chi connectivity index (χ0) is 38.5. The van der Waals surface area contributed by atoms with Gasteiger partial charge in [-0.2, -0.15) is 26.3 Å². The fraction of sp³-hybridized carbons (Fsp3) is 0.938. The standard InChI is InChI=1S/C32H55F6O3Si2/c1-26(2,3)43(10,11)40-24-15-12-21-29(7)23(24)16-17-25(29)28(6,19-13-18-27(4,5)41-42(8)9)20-14-22-30(39,31(33,34)35)32(36,37)38/h23-25,39H,12-13,15-21H2,1-11H3/t23?,24-,25+,28+,29-/m0/s1/i4D3,5D3. The molecule has 2 saturated carbocycles. The van der Waals surface area contributed by atoms with Crippen LogP contribution in [0.25, 0.3) is 0 Å². The van der Waals surface area contributed by atoms with Crippen LogP contribution < -0.4 is 0 Å². The van der Waals surface area contributed by atoms with Crippen LogP contribution in [0.3, 0.4) is 0 Å². The van der Waals surface area contributed by atoms with E-state index in [0.29, 0.717) is 12.8 Å². The Morgan fingerprint density at radius 1 is 0.977 bits per heavy atom. The van der Waals surface area contributed by atoms with Gasteiger partial charge in [-0.25, -0.2) is 0 Å². The van der Waals surface area contributed by atoms with Crippen molar-refractivity contribution in [3.8, 4) is 11.8 Å². The van der Waals surface area contributed by atoms with Crippen LogP contribution >= 0.6 is 0 Å². The Kier molecular flexibility index (Phi) is 8.96. The van der Waals surface area contributed by atoms with Gasteiger partial charge < -0.3 is 14.0 Å². The largest absolute Gasteiger partial charge is 0.438 e. The molecule has 0 saturated heterocycles. The van der Waals surface area contributed by atoms with Gasteiger partial charge in [-0.15, -0.1) is 0 Å².